The molecule has 158 valence electrons. The van der Waals surface area contributed by atoms with Crippen LogP contribution in [0, 0.1) is 11.3 Å². The van der Waals surface area contributed by atoms with Crippen LogP contribution in [0.5, 0.6) is 0 Å². The van der Waals surface area contributed by atoms with Crippen LogP contribution in [0.2, 0.25) is 0 Å². The van der Waals surface area contributed by atoms with Crippen molar-refractivity contribution < 1.29 is 27.4 Å². The Morgan fingerprint density at radius 3 is 2.57 bits per heavy atom. The summed E-state index contributed by atoms with van der Waals surface area (Å²) in [6.07, 6.45) is -3.66. The molecule has 0 saturated heterocycles. The van der Waals surface area contributed by atoms with Crippen LogP contribution in [-0.2, 0) is 11.2 Å². The molecule has 3 nitrogen and oxygen atoms in total. The van der Waals surface area contributed by atoms with Gasteiger partial charge in [-0.3, -0.25) is 4.98 Å². The van der Waals surface area contributed by atoms with Crippen LogP contribution in [-0.4, -0.2) is 40.8 Å². The SMILES string of the molecule is C=CCOC1CCC(F)CC1C(C)(C)CC(O)(Cc1ccccn1)C(F)(F)F. The molecule has 2 rings (SSSR count). The molecule has 7 heteroatoms. The van der Waals surface area contributed by atoms with Crippen LogP contribution in [0.3, 0.4) is 0 Å². The number of hydrogen-bond acceptors (Lipinski definition) is 3. The Balaban J connectivity index is 2.28. The maximum absolute atomic E-state index is 14.1. The van der Waals surface area contributed by atoms with Gasteiger partial charge >= 0.3 is 6.18 Å². The van der Waals surface area contributed by atoms with Crippen molar-refractivity contribution in [2.45, 2.75) is 70.0 Å². The number of halogens is 4. The molecule has 4 unspecified atom stereocenters. The van der Waals surface area contributed by atoms with E-state index in [9.17, 15) is 22.7 Å². The zero-order valence-corrected chi connectivity index (χ0v) is 16.4. The second-order valence-corrected chi connectivity index (χ2v) is 8.37. The molecule has 1 saturated carbocycles. The Morgan fingerprint density at radius 2 is 2.00 bits per heavy atom. The van der Waals surface area contributed by atoms with E-state index in [2.05, 4.69) is 11.6 Å². The van der Waals surface area contributed by atoms with Crippen molar-refractivity contribution in [1.29, 1.82) is 0 Å². The van der Waals surface area contributed by atoms with Crippen LogP contribution >= 0.6 is 0 Å². The minimum Gasteiger partial charge on any atom is -0.380 e. The minimum absolute atomic E-state index is 0.117. The van der Waals surface area contributed by atoms with E-state index in [1.165, 1.54) is 12.3 Å². The van der Waals surface area contributed by atoms with Crippen LogP contribution in [0.1, 0.15) is 45.2 Å². The molecule has 1 fully saturated rings. The summed E-state index contributed by atoms with van der Waals surface area (Å²) in [7, 11) is 0. The Labute approximate surface area is 163 Å². The minimum atomic E-state index is -4.84. The molecule has 0 aliphatic heterocycles. The molecule has 0 spiro atoms. The Kier molecular flexibility index (Phi) is 7.26. The zero-order chi connectivity index (χ0) is 21.0. The van der Waals surface area contributed by atoms with E-state index in [1.807, 2.05) is 0 Å². The molecule has 0 amide bonds. The standard InChI is InChI=1S/C21H29F4NO2/c1-4-11-28-18-9-8-15(22)12-17(18)19(2,3)14-20(27,21(23,24)25)13-16-7-5-6-10-26-16/h4-7,10,15,17-18,27H,1,8-9,11-14H2,2-3H3. The summed E-state index contributed by atoms with van der Waals surface area (Å²) in [6, 6.07) is 4.64. The Bertz CT molecular complexity index is 635. The van der Waals surface area contributed by atoms with Crippen molar-refractivity contribution in [1.82, 2.24) is 4.98 Å². The maximum atomic E-state index is 14.1. The molecule has 1 N–H and O–H groups in total. The molecule has 0 aromatic carbocycles. The van der Waals surface area contributed by atoms with Crippen molar-refractivity contribution >= 4 is 0 Å². The highest BCUT2D eigenvalue weighted by molar-refractivity contribution is 5.10. The molecule has 28 heavy (non-hydrogen) atoms. The number of nitrogens with zero attached hydrogens (tertiary/aromatic N) is 1. The lowest BCUT2D eigenvalue weighted by molar-refractivity contribution is -0.273. The Hall–Kier alpha value is -1.47. The van der Waals surface area contributed by atoms with Crippen molar-refractivity contribution in [3.63, 3.8) is 0 Å². The van der Waals surface area contributed by atoms with Crippen LogP contribution in [0.25, 0.3) is 0 Å². The predicted molar refractivity (Wildman–Crippen MR) is 99.5 cm³/mol. The van der Waals surface area contributed by atoms with E-state index < -0.39 is 42.1 Å². The van der Waals surface area contributed by atoms with Gasteiger partial charge in [0.1, 0.15) is 6.17 Å². The fourth-order valence-electron chi connectivity index (χ4n) is 4.25. The molecule has 1 heterocycles. The number of alkyl halides is 4. The highest BCUT2D eigenvalue weighted by Crippen LogP contribution is 2.49. The van der Waals surface area contributed by atoms with Gasteiger partial charge in [0.15, 0.2) is 5.60 Å². The van der Waals surface area contributed by atoms with Gasteiger partial charge in [-0.05, 0) is 49.1 Å². The first-order chi connectivity index (χ1) is 13.0. The van der Waals surface area contributed by atoms with E-state index in [0.717, 1.165) is 0 Å². The summed E-state index contributed by atoms with van der Waals surface area (Å²) in [5.74, 6) is -0.450. The van der Waals surface area contributed by atoms with Crippen molar-refractivity contribution in [2.75, 3.05) is 6.61 Å². The summed E-state index contributed by atoms with van der Waals surface area (Å²) in [6.45, 7) is 7.14. The molecule has 4 atom stereocenters. The number of aliphatic hydroxyl groups is 1. The van der Waals surface area contributed by atoms with Crippen molar-refractivity contribution in [3.05, 3.63) is 42.7 Å². The second-order valence-electron chi connectivity index (χ2n) is 8.37. The van der Waals surface area contributed by atoms with Gasteiger partial charge in [0.05, 0.1) is 12.7 Å². The van der Waals surface area contributed by atoms with Gasteiger partial charge < -0.3 is 9.84 Å². The molecule has 1 aliphatic carbocycles. The van der Waals surface area contributed by atoms with E-state index in [0.29, 0.717) is 12.8 Å². The van der Waals surface area contributed by atoms with Gasteiger partial charge in [0.2, 0.25) is 0 Å². The molecule has 0 bridgehead atoms. The van der Waals surface area contributed by atoms with Crippen LogP contribution in [0.15, 0.2) is 37.1 Å². The third kappa shape index (κ3) is 5.54. The van der Waals surface area contributed by atoms with E-state index in [4.69, 9.17) is 4.74 Å². The van der Waals surface area contributed by atoms with Gasteiger partial charge in [-0.2, -0.15) is 13.2 Å². The average Bonchev–Trinajstić information content (AvgIpc) is 2.60. The quantitative estimate of drug-likeness (QED) is 0.488. The highest BCUT2D eigenvalue weighted by atomic mass is 19.4. The third-order valence-electron chi connectivity index (χ3n) is 5.63. The maximum Gasteiger partial charge on any atom is 0.417 e. The lowest BCUT2D eigenvalue weighted by Crippen LogP contribution is -2.53. The lowest BCUT2D eigenvalue weighted by atomic mass is 9.64. The lowest BCUT2D eigenvalue weighted by Gasteiger charge is -2.46. The number of aromatic nitrogens is 1. The predicted octanol–water partition coefficient (Wildman–Crippen LogP) is 5.04. The molecule has 1 aromatic rings. The van der Waals surface area contributed by atoms with Crippen LogP contribution in [0.4, 0.5) is 17.6 Å². The molecular weight excluding hydrogens is 374 g/mol. The second kappa shape index (κ2) is 8.91. The largest absolute Gasteiger partial charge is 0.417 e. The van der Waals surface area contributed by atoms with Gasteiger partial charge in [-0.1, -0.05) is 26.0 Å². The van der Waals surface area contributed by atoms with Crippen molar-refractivity contribution in [2.24, 2.45) is 11.3 Å². The van der Waals surface area contributed by atoms with Gasteiger partial charge in [-0.25, -0.2) is 4.39 Å². The molecule has 0 radical (unpaired) electrons. The van der Waals surface area contributed by atoms with Gasteiger partial charge in [-0.15, -0.1) is 6.58 Å². The Morgan fingerprint density at radius 1 is 1.29 bits per heavy atom. The molecule has 1 aromatic heterocycles. The average molecular weight is 403 g/mol. The number of hydrogen-bond donors (Lipinski definition) is 1. The summed E-state index contributed by atoms with van der Waals surface area (Å²) < 4.78 is 61.4. The number of rotatable bonds is 8. The fourth-order valence-corrected chi connectivity index (χ4v) is 4.25. The van der Waals surface area contributed by atoms with Gasteiger partial charge in [0.25, 0.3) is 0 Å². The third-order valence-corrected chi connectivity index (χ3v) is 5.63. The van der Waals surface area contributed by atoms with Crippen LogP contribution < -0.4 is 0 Å². The van der Waals surface area contributed by atoms with Crippen molar-refractivity contribution in [3.8, 4) is 0 Å². The number of pyridine rings is 1. The summed E-state index contributed by atoms with van der Waals surface area (Å²) in [5.41, 5.74) is -3.81. The number of ether oxygens (including phenoxy) is 1. The normalized spacial score (nSPS) is 25.9. The molecule has 1 aliphatic rings. The first-order valence-corrected chi connectivity index (χ1v) is 9.54. The summed E-state index contributed by atoms with van der Waals surface area (Å²) >= 11 is 0. The smallest absolute Gasteiger partial charge is 0.380 e. The van der Waals surface area contributed by atoms with E-state index in [1.54, 1.807) is 32.1 Å². The highest BCUT2D eigenvalue weighted by Gasteiger charge is 2.57. The molecular formula is C21H29F4NO2. The summed E-state index contributed by atoms with van der Waals surface area (Å²) in [4.78, 5) is 3.93. The van der Waals surface area contributed by atoms with E-state index >= 15 is 0 Å². The first-order valence-electron chi connectivity index (χ1n) is 9.54. The monoisotopic (exact) mass is 403 g/mol. The first kappa shape index (κ1) is 22.8. The summed E-state index contributed by atoms with van der Waals surface area (Å²) in [5, 5.41) is 10.7. The topological polar surface area (TPSA) is 42.4 Å². The van der Waals surface area contributed by atoms with Gasteiger partial charge in [0, 0.05) is 18.3 Å². The fraction of sp³-hybridized carbons (Fsp3) is 0.667. The zero-order valence-electron chi connectivity index (χ0n) is 16.4. The van der Waals surface area contributed by atoms with E-state index in [-0.39, 0.29) is 24.8 Å².